The Morgan fingerprint density at radius 2 is 1.67 bits per heavy atom. The number of carbonyl (C=O) groups excluding carboxylic acids is 2. The molecule has 5 heteroatoms. The van der Waals surface area contributed by atoms with E-state index in [0.29, 0.717) is 44.6 Å². The van der Waals surface area contributed by atoms with Crippen molar-refractivity contribution in [3.8, 4) is 0 Å². The highest BCUT2D eigenvalue weighted by Gasteiger charge is 2.41. The number of aryl methyl sites for hydroxylation is 1. The first-order chi connectivity index (χ1) is 11.5. The minimum absolute atomic E-state index is 0.0209. The molecule has 2 fully saturated rings. The summed E-state index contributed by atoms with van der Waals surface area (Å²) in [5.74, 6) is -0.127. The van der Waals surface area contributed by atoms with E-state index in [0.717, 1.165) is 24.8 Å². The lowest BCUT2D eigenvalue weighted by Gasteiger charge is -2.29. The van der Waals surface area contributed by atoms with Crippen LogP contribution in [0.25, 0.3) is 0 Å². The summed E-state index contributed by atoms with van der Waals surface area (Å²) in [7, 11) is 0. The van der Waals surface area contributed by atoms with Crippen molar-refractivity contribution >= 4 is 11.8 Å². The molecule has 130 valence electrons. The number of rotatable bonds is 2. The van der Waals surface area contributed by atoms with Crippen LogP contribution in [-0.2, 0) is 4.79 Å². The molecule has 1 aliphatic heterocycles. The highest BCUT2D eigenvalue weighted by atomic mass is 16.3. The highest BCUT2D eigenvalue weighted by molar-refractivity contribution is 5.94. The molecular weight excluding hydrogens is 304 g/mol. The molecule has 5 nitrogen and oxygen atoms in total. The fraction of sp³-hybridized carbons (Fsp3) is 0.579. The van der Waals surface area contributed by atoms with Crippen LogP contribution in [0.3, 0.4) is 0 Å². The van der Waals surface area contributed by atoms with Crippen LogP contribution in [0.15, 0.2) is 24.3 Å². The van der Waals surface area contributed by atoms with Gasteiger partial charge >= 0.3 is 0 Å². The maximum Gasteiger partial charge on any atom is 0.254 e. The van der Waals surface area contributed by atoms with Crippen molar-refractivity contribution < 1.29 is 14.7 Å². The molecular formula is C19H26N2O3. The average molecular weight is 330 g/mol. The summed E-state index contributed by atoms with van der Waals surface area (Å²) in [4.78, 5) is 28.9. The van der Waals surface area contributed by atoms with E-state index in [1.807, 2.05) is 36.1 Å². The fourth-order valence-electron chi connectivity index (χ4n) is 3.75. The Bertz CT molecular complexity index is 623. The van der Waals surface area contributed by atoms with Crippen LogP contribution in [-0.4, -0.2) is 58.5 Å². The summed E-state index contributed by atoms with van der Waals surface area (Å²) in [6.07, 6.45) is 3.70. The number of amides is 2. The lowest BCUT2D eigenvalue weighted by atomic mass is 10.0. The van der Waals surface area contributed by atoms with Crippen molar-refractivity contribution in [2.24, 2.45) is 0 Å². The van der Waals surface area contributed by atoms with Gasteiger partial charge in [0.2, 0.25) is 0 Å². The Morgan fingerprint density at radius 1 is 1.00 bits per heavy atom. The Labute approximate surface area is 143 Å². The molecule has 0 spiro atoms. The average Bonchev–Trinajstić information content (AvgIpc) is 2.88. The summed E-state index contributed by atoms with van der Waals surface area (Å²) in [5, 5.41) is 10.5. The van der Waals surface area contributed by atoms with Gasteiger partial charge in [-0.05, 0) is 51.2 Å². The summed E-state index contributed by atoms with van der Waals surface area (Å²) < 4.78 is 0. The number of aliphatic hydroxyl groups is 1. The minimum atomic E-state index is -1.17. The molecule has 1 N–H and O–H groups in total. The Hall–Kier alpha value is -1.88. The van der Waals surface area contributed by atoms with Gasteiger partial charge in [0.1, 0.15) is 5.60 Å². The van der Waals surface area contributed by atoms with Crippen LogP contribution in [0.1, 0.15) is 48.0 Å². The van der Waals surface area contributed by atoms with Crippen molar-refractivity contribution in [3.63, 3.8) is 0 Å². The van der Waals surface area contributed by atoms with Crippen LogP contribution in [0.2, 0.25) is 0 Å². The van der Waals surface area contributed by atoms with Crippen molar-refractivity contribution in [1.82, 2.24) is 9.80 Å². The van der Waals surface area contributed by atoms with E-state index in [9.17, 15) is 14.7 Å². The van der Waals surface area contributed by atoms with Gasteiger partial charge < -0.3 is 14.9 Å². The van der Waals surface area contributed by atoms with E-state index in [1.165, 1.54) is 0 Å². The van der Waals surface area contributed by atoms with E-state index in [4.69, 9.17) is 0 Å². The summed E-state index contributed by atoms with van der Waals surface area (Å²) >= 11 is 0. The third kappa shape index (κ3) is 3.46. The van der Waals surface area contributed by atoms with E-state index < -0.39 is 5.60 Å². The van der Waals surface area contributed by atoms with Crippen LogP contribution in [0.5, 0.6) is 0 Å². The minimum Gasteiger partial charge on any atom is -0.380 e. The summed E-state index contributed by atoms with van der Waals surface area (Å²) in [6, 6.07) is 7.61. The second-order valence-corrected chi connectivity index (χ2v) is 7.05. The van der Waals surface area contributed by atoms with Crippen LogP contribution < -0.4 is 0 Å². The maximum absolute atomic E-state index is 12.7. The van der Waals surface area contributed by atoms with Gasteiger partial charge in [0, 0.05) is 31.7 Å². The van der Waals surface area contributed by atoms with Gasteiger partial charge in [-0.15, -0.1) is 0 Å². The predicted octanol–water partition coefficient (Wildman–Crippen LogP) is 1.97. The van der Waals surface area contributed by atoms with Gasteiger partial charge in [0.05, 0.1) is 0 Å². The second kappa shape index (κ2) is 6.93. The molecule has 1 saturated carbocycles. The van der Waals surface area contributed by atoms with Gasteiger partial charge in [-0.2, -0.15) is 0 Å². The molecule has 1 saturated heterocycles. The van der Waals surface area contributed by atoms with Gasteiger partial charge in [0.15, 0.2) is 0 Å². The number of nitrogens with zero attached hydrogens (tertiary/aromatic N) is 2. The molecule has 0 atom stereocenters. The molecule has 1 aromatic rings. The van der Waals surface area contributed by atoms with Crippen LogP contribution >= 0.6 is 0 Å². The third-order valence-corrected chi connectivity index (χ3v) is 5.16. The molecule has 0 radical (unpaired) electrons. The summed E-state index contributed by atoms with van der Waals surface area (Å²) in [5.41, 5.74) is 0.593. The Morgan fingerprint density at radius 3 is 2.38 bits per heavy atom. The van der Waals surface area contributed by atoms with E-state index >= 15 is 0 Å². The molecule has 24 heavy (non-hydrogen) atoms. The molecule has 0 bridgehead atoms. The molecule has 1 aromatic carbocycles. The first-order valence-corrected chi connectivity index (χ1v) is 8.87. The molecule has 1 aliphatic carbocycles. The number of carbonyl (C=O) groups is 2. The van der Waals surface area contributed by atoms with Gasteiger partial charge in [-0.1, -0.05) is 17.7 Å². The largest absolute Gasteiger partial charge is 0.380 e. The van der Waals surface area contributed by atoms with E-state index in [-0.39, 0.29) is 11.8 Å². The van der Waals surface area contributed by atoms with Gasteiger partial charge in [-0.25, -0.2) is 0 Å². The fourth-order valence-corrected chi connectivity index (χ4v) is 3.75. The van der Waals surface area contributed by atoms with Crippen molar-refractivity contribution in [3.05, 3.63) is 35.4 Å². The van der Waals surface area contributed by atoms with Crippen molar-refractivity contribution in [2.45, 2.75) is 44.6 Å². The van der Waals surface area contributed by atoms with Crippen LogP contribution in [0.4, 0.5) is 0 Å². The van der Waals surface area contributed by atoms with Crippen molar-refractivity contribution in [2.75, 3.05) is 26.2 Å². The zero-order chi connectivity index (χ0) is 17.2. The Kier molecular flexibility index (Phi) is 4.90. The highest BCUT2D eigenvalue weighted by Crippen LogP contribution is 2.31. The van der Waals surface area contributed by atoms with Crippen LogP contribution in [0, 0.1) is 6.92 Å². The smallest absolute Gasteiger partial charge is 0.254 e. The SMILES string of the molecule is Cc1cccc(C(=O)N2CCCN(C(=O)C3(O)CCCC3)CC2)c1. The predicted molar refractivity (Wildman–Crippen MR) is 91.7 cm³/mol. The summed E-state index contributed by atoms with van der Waals surface area (Å²) in [6.45, 7) is 4.25. The van der Waals surface area contributed by atoms with E-state index in [1.54, 1.807) is 4.90 Å². The molecule has 0 aromatic heterocycles. The number of benzene rings is 1. The lowest BCUT2D eigenvalue weighted by Crippen LogP contribution is -2.48. The molecule has 1 heterocycles. The maximum atomic E-state index is 12.7. The topological polar surface area (TPSA) is 60.9 Å². The van der Waals surface area contributed by atoms with Gasteiger partial charge in [-0.3, -0.25) is 9.59 Å². The van der Waals surface area contributed by atoms with Gasteiger partial charge in [0.25, 0.3) is 11.8 Å². The first kappa shape index (κ1) is 17.0. The molecule has 0 unspecified atom stereocenters. The Balaban J connectivity index is 1.64. The second-order valence-electron chi connectivity index (χ2n) is 7.05. The first-order valence-electron chi connectivity index (χ1n) is 8.87. The quantitative estimate of drug-likeness (QED) is 0.902. The normalized spacial score (nSPS) is 20.8. The third-order valence-electron chi connectivity index (χ3n) is 5.16. The zero-order valence-corrected chi connectivity index (χ0v) is 14.3. The number of hydrogen-bond acceptors (Lipinski definition) is 3. The van der Waals surface area contributed by atoms with Crippen molar-refractivity contribution in [1.29, 1.82) is 0 Å². The molecule has 2 aliphatic rings. The standard InChI is InChI=1S/C19H26N2O3/c1-15-6-4-7-16(14-15)17(22)20-10-5-11-21(13-12-20)18(23)19(24)8-2-3-9-19/h4,6-7,14,24H,2-3,5,8-13H2,1H3. The van der Waals surface area contributed by atoms with E-state index in [2.05, 4.69) is 0 Å². The monoisotopic (exact) mass is 330 g/mol. The zero-order valence-electron chi connectivity index (χ0n) is 14.3. The molecule has 3 rings (SSSR count). The molecule has 2 amide bonds. The number of hydrogen-bond donors (Lipinski definition) is 1. The lowest BCUT2D eigenvalue weighted by molar-refractivity contribution is -0.150.